The number of allylic oxidation sites excluding steroid dienone is 14. The van der Waals surface area contributed by atoms with Gasteiger partial charge in [0.15, 0.2) is 6.10 Å². The van der Waals surface area contributed by atoms with Crippen LogP contribution in [0.1, 0.15) is 162 Å². The van der Waals surface area contributed by atoms with Crippen molar-refractivity contribution in [1.29, 1.82) is 0 Å². The van der Waals surface area contributed by atoms with E-state index >= 15 is 0 Å². The zero-order chi connectivity index (χ0) is 42.8. The van der Waals surface area contributed by atoms with Crippen molar-refractivity contribution in [3.05, 3.63) is 85.1 Å². The van der Waals surface area contributed by atoms with Gasteiger partial charge in [0.05, 0.1) is 40.3 Å². The molecular weight excluding hydrogens is 727 g/mol. The molecule has 0 aromatic heterocycles. The third kappa shape index (κ3) is 38.1. The predicted octanol–water partition coefficient (Wildman–Crippen LogP) is 11.2. The lowest BCUT2D eigenvalue weighted by Crippen LogP contribution is -2.55. The molecule has 0 spiro atoms. The average molecular weight is 810 g/mol. The highest BCUT2D eigenvalue weighted by atomic mass is 16.6. The summed E-state index contributed by atoms with van der Waals surface area (Å²) in [4.78, 5) is 36.8. The number of quaternary nitrogens is 1. The van der Waals surface area contributed by atoms with E-state index in [-0.39, 0.29) is 42.7 Å². The number of hydrogen-bond donors (Lipinski definition) is 0. The highest BCUT2D eigenvalue weighted by molar-refractivity contribution is 5.70. The largest absolute Gasteiger partial charge is 0.544 e. The molecule has 0 fully saturated rings. The highest BCUT2D eigenvalue weighted by Gasteiger charge is 2.25. The monoisotopic (exact) mass is 810 g/mol. The van der Waals surface area contributed by atoms with Gasteiger partial charge in [0.25, 0.3) is 0 Å². The number of esters is 2. The van der Waals surface area contributed by atoms with Gasteiger partial charge < -0.3 is 28.6 Å². The fourth-order valence-electron chi connectivity index (χ4n) is 6.07. The Labute approximate surface area is 354 Å². The van der Waals surface area contributed by atoms with Gasteiger partial charge in [-0.3, -0.25) is 9.59 Å². The van der Waals surface area contributed by atoms with Crippen molar-refractivity contribution < 1.29 is 38.2 Å². The summed E-state index contributed by atoms with van der Waals surface area (Å²) >= 11 is 0. The topological polar surface area (TPSA) is 102 Å². The summed E-state index contributed by atoms with van der Waals surface area (Å²) in [6.45, 7) is 4.37. The summed E-state index contributed by atoms with van der Waals surface area (Å²) in [7, 11) is 5.38. The Hall–Kier alpha value is -3.49. The fraction of sp³-hybridized carbons (Fsp3) is 0.660. The smallest absolute Gasteiger partial charge is 0.306 e. The summed E-state index contributed by atoms with van der Waals surface area (Å²) in [6, 6.07) is -0.736. The molecule has 0 aliphatic heterocycles. The number of unbranched alkanes of at least 4 members (excludes halogenated alkanes) is 11. The second kappa shape index (κ2) is 40.3. The molecule has 0 radical (unpaired) electrons. The number of carbonyl (C=O) groups excluding carboxylic acids is 3. The van der Waals surface area contributed by atoms with E-state index in [2.05, 4.69) is 98.9 Å². The molecule has 8 nitrogen and oxygen atoms in total. The van der Waals surface area contributed by atoms with Gasteiger partial charge in [-0.05, 0) is 83.5 Å². The number of rotatable bonds is 39. The first-order valence-electron chi connectivity index (χ1n) is 22.6. The van der Waals surface area contributed by atoms with Crippen LogP contribution in [-0.4, -0.2) is 75.5 Å². The van der Waals surface area contributed by atoms with Crippen LogP contribution in [0.4, 0.5) is 0 Å². The molecule has 2 atom stereocenters. The van der Waals surface area contributed by atoms with Gasteiger partial charge in [-0.25, -0.2) is 0 Å². The van der Waals surface area contributed by atoms with Crippen LogP contribution < -0.4 is 5.11 Å². The predicted molar refractivity (Wildman–Crippen MR) is 240 cm³/mol. The third-order valence-electron chi connectivity index (χ3n) is 9.53. The maximum atomic E-state index is 12.7. The standard InChI is InChI=1S/C50H83NO7/c1-6-8-10-12-14-16-18-20-21-22-23-24-25-26-27-28-29-31-33-35-37-39-41-49(53)58-46(44-56-43-42-47(50(54)55)51(3,4)5)45-57-48(52)40-38-36-34-32-30-19-17-15-13-11-9-7-2/h8-11,14-17,20-21,23-24,30,32,46-47H,6-7,12-13,18-19,22,25-29,31,33-45H2,1-5H3/b10-8+,11-9+,16-14+,17-15+,21-20+,24-23+,32-30+. The van der Waals surface area contributed by atoms with Crippen molar-refractivity contribution in [1.82, 2.24) is 0 Å². The van der Waals surface area contributed by atoms with E-state index in [9.17, 15) is 19.5 Å². The van der Waals surface area contributed by atoms with Crippen LogP contribution in [0.25, 0.3) is 0 Å². The van der Waals surface area contributed by atoms with Crippen LogP contribution in [0, 0.1) is 0 Å². The number of carboxylic acids is 1. The first kappa shape index (κ1) is 54.5. The molecule has 0 aliphatic carbocycles. The molecule has 330 valence electrons. The quantitative estimate of drug-likeness (QED) is 0.0264. The Kier molecular flexibility index (Phi) is 37.9. The lowest BCUT2D eigenvalue weighted by molar-refractivity contribution is -0.889. The summed E-state index contributed by atoms with van der Waals surface area (Å²) in [5, 5.41) is 11.6. The first-order valence-corrected chi connectivity index (χ1v) is 22.6. The Bertz CT molecular complexity index is 1220. The number of nitrogens with zero attached hydrogens (tertiary/aromatic N) is 1. The molecule has 0 saturated heterocycles. The summed E-state index contributed by atoms with van der Waals surface area (Å²) < 4.78 is 17.1. The van der Waals surface area contributed by atoms with Crippen LogP contribution in [0.2, 0.25) is 0 Å². The summed E-state index contributed by atoms with van der Waals surface area (Å²) in [5.74, 6) is -1.80. The number of aliphatic carboxylic acids is 1. The zero-order valence-electron chi connectivity index (χ0n) is 37.4. The minimum atomic E-state index is -1.13. The second-order valence-electron chi connectivity index (χ2n) is 15.9. The molecule has 8 heteroatoms. The second-order valence-corrected chi connectivity index (χ2v) is 15.9. The van der Waals surface area contributed by atoms with E-state index in [0.717, 1.165) is 83.5 Å². The molecule has 0 aromatic rings. The molecule has 2 unspecified atom stereocenters. The first-order chi connectivity index (χ1) is 28.1. The Morgan fingerprint density at radius 3 is 1.38 bits per heavy atom. The maximum absolute atomic E-state index is 12.7. The Morgan fingerprint density at radius 1 is 0.517 bits per heavy atom. The van der Waals surface area contributed by atoms with Crippen LogP contribution in [-0.2, 0) is 28.6 Å². The SMILES string of the molecule is CC/C=C/C/C=C/C/C=C/C/C=C/CCCCCCCCCCCC(=O)OC(COCCC(C(=O)[O-])[N+](C)(C)C)COC(=O)CCCC/C=C/C/C=C/C/C=C/CC. The molecule has 58 heavy (non-hydrogen) atoms. The van der Waals surface area contributed by atoms with Gasteiger partial charge in [0.1, 0.15) is 12.6 Å². The van der Waals surface area contributed by atoms with Crippen LogP contribution in [0.5, 0.6) is 0 Å². The summed E-state index contributed by atoms with van der Waals surface area (Å²) in [6.07, 6.45) is 51.9. The van der Waals surface area contributed by atoms with Crippen LogP contribution >= 0.6 is 0 Å². The van der Waals surface area contributed by atoms with E-state index in [4.69, 9.17) is 14.2 Å². The lowest BCUT2D eigenvalue weighted by Gasteiger charge is -2.34. The summed E-state index contributed by atoms with van der Waals surface area (Å²) in [5.41, 5.74) is 0. The van der Waals surface area contributed by atoms with E-state index in [1.54, 1.807) is 21.1 Å². The van der Waals surface area contributed by atoms with Gasteiger partial charge in [-0.1, -0.05) is 144 Å². The zero-order valence-corrected chi connectivity index (χ0v) is 37.4. The minimum Gasteiger partial charge on any atom is -0.544 e. The van der Waals surface area contributed by atoms with E-state index in [0.29, 0.717) is 19.3 Å². The number of carboxylic acid groups (broad SMARTS) is 1. The molecular formula is C50H83NO7. The Morgan fingerprint density at radius 2 is 0.914 bits per heavy atom. The molecule has 0 aliphatic rings. The molecule has 0 aromatic carbocycles. The van der Waals surface area contributed by atoms with Crippen molar-refractivity contribution in [3.8, 4) is 0 Å². The van der Waals surface area contributed by atoms with Crippen molar-refractivity contribution >= 4 is 17.9 Å². The van der Waals surface area contributed by atoms with Gasteiger partial charge in [0, 0.05) is 19.3 Å². The highest BCUT2D eigenvalue weighted by Crippen LogP contribution is 2.13. The van der Waals surface area contributed by atoms with Crippen LogP contribution in [0.3, 0.4) is 0 Å². The van der Waals surface area contributed by atoms with E-state index < -0.39 is 18.1 Å². The van der Waals surface area contributed by atoms with Gasteiger partial charge in [0.2, 0.25) is 0 Å². The molecule has 0 amide bonds. The molecule has 0 rings (SSSR count). The molecule has 0 heterocycles. The minimum absolute atomic E-state index is 0.0213. The lowest BCUT2D eigenvalue weighted by atomic mass is 10.1. The molecule has 0 saturated carbocycles. The van der Waals surface area contributed by atoms with Crippen LogP contribution in [0.15, 0.2) is 85.1 Å². The normalized spacial score (nSPS) is 13.7. The third-order valence-corrected chi connectivity index (χ3v) is 9.53. The van der Waals surface area contributed by atoms with Gasteiger partial charge in [-0.2, -0.15) is 0 Å². The Balaban J connectivity index is 4.33. The molecule has 0 bridgehead atoms. The number of carbonyl (C=O) groups is 3. The van der Waals surface area contributed by atoms with Crippen molar-refractivity contribution in [3.63, 3.8) is 0 Å². The number of likely N-dealkylation sites (N-methyl/N-ethyl adjacent to an activating group) is 1. The van der Waals surface area contributed by atoms with Crippen molar-refractivity contribution in [2.24, 2.45) is 0 Å². The number of hydrogen-bond acceptors (Lipinski definition) is 7. The van der Waals surface area contributed by atoms with Gasteiger partial charge in [-0.15, -0.1) is 0 Å². The fourth-order valence-corrected chi connectivity index (χ4v) is 6.07. The van der Waals surface area contributed by atoms with Crippen molar-refractivity contribution in [2.75, 3.05) is 41.0 Å². The van der Waals surface area contributed by atoms with E-state index in [1.807, 2.05) is 0 Å². The van der Waals surface area contributed by atoms with Crippen molar-refractivity contribution in [2.45, 2.75) is 174 Å². The average Bonchev–Trinajstić information content (AvgIpc) is 3.18. The van der Waals surface area contributed by atoms with Gasteiger partial charge >= 0.3 is 11.9 Å². The maximum Gasteiger partial charge on any atom is 0.306 e. The van der Waals surface area contributed by atoms with E-state index in [1.165, 1.54) is 38.5 Å². The molecule has 0 N–H and O–H groups in total. The number of ether oxygens (including phenoxy) is 3.